The number of nitrogens with two attached hydrogens (primary N) is 1. The van der Waals surface area contributed by atoms with Crippen molar-refractivity contribution in [2.75, 3.05) is 5.73 Å². The van der Waals surface area contributed by atoms with Gasteiger partial charge in [-0.05, 0) is 48.6 Å². The lowest BCUT2D eigenvalue weighted by molar-refractivity contribution is 0.444. The summed E-state index contributed by atoms with van der Waals surface area (Å²) in [5.41, 5.74) is 10.3. The molecule has 0 amide bonds. The molecule has 0 unspecified atom stereocenters. The molecule has 0 radical (unpaired) electrons. The van der Waals surface area contributed by atoms with Crippen molar-refractivity contribution in [2.24, 2.45) is 5.92 Å². The second-order valence-corrected chi connectivity index (χ2v) is 8.65. The number of hydrogen-bond donors (Lipinski definition) is 3. The summed E-state index contributed by atoms with van der Waals surface area (Å²) in [6.45, 7) is 0.686. The third kappa shape index (κ3) is 4.27. The molecule has 8 nitrogen and oxygen atoms in total. The third-order valence-corrected chi connectivity index (χ3v) is 6.18. The number of rotatable bonds is 6. The summed E-state index contributed by atoms with van der Waals surface area (Å²) < 4.78 is 32.0. The Labute approximate surface area is 192 Å². The maximum atomic E-state index is 10.8. The predicted molar refractivity (Wildman–Crippen MR) is 128 cm³/mol. The molecule has 0 bridgehead atoms. The van der Waals surface area contributed by atoms with Crippen molar-refractivity contribution in [3.05, 3.63) is 78.9 Å². The molecule has 0 aliphatic carbocycles. The summed E-state index contributed by atoms with van der Waals surface area (Å²) in [7, 11) is -2.65. The van der Waals surface area contributed by atoms with E-state index in [4.69, 9.17) is 10.5 Å². The summed E-state index contributed by atoms with van der Waals surface area (Å²) >= 11 is 0. The molecule has 3 heterocycles. The first-order valence-electron chi connectivity index (χ1n) is 10.6. The van der Waals surface area contributed by atoms with E-state index in [1.165, 1.54) is 12.5 Å². The zero-order chi connectivity index (χ0) is 22.8. The molecule has 2 aromatic heterocycles. The first kappa shape index (κ1) is 21.0. The minimum absolute atomic E-state index is 0.182. The number of ether oxygens (including phenoxy) is 1. The fraction of sp³-hybridized carbons (Fsp3) is 0.167. The number of nitrogens with zero attached hydrogens (tertiary/aromatic N) is 3. The lowest BCUT2D eigenvalue weighted by atomic mass is 9.94. The van der Waals surface area contributed by atoms with Crippen LogP contribution in [0.15, 0.2) is 73.2 Å². The van der Waals surface area contributed by atoms with Gasteiger partial charge in [-0.25, -0.2) is 18.4 Å². The number of para-hydroxylation sites is 1. The van der Waals surface area contributed by atoms with Gasteiger partial charge >= 0.3 is 0 Å². The van der Waals surface area contributed by atoms with E-state index < -0.39 is 10.9 Å². The third-order valence-electron chi connectivity index (χ3n) is 5.82. The van der Waals surface area contributed by atoms with E-state index in [9.17, 15) is 8.42 Å². The van der Waals surface area contributed by atoms with Gasteiger partial charge in [-0.15, -0.1) is 0 Å². The monoisotopic (exact) mass is 461 g/mol. The van der Waals surface area contributed by atoms with Gasteiger partial charge in [0.15, 0.2) is 0 Å². The molecule has 9 heteroatoms. The Balaban J connectivity index is 1.51. The first-order valence-corrected chi connectivity index (χ1v) is 11.8. The number of hydrogen-bond acceptors (Lipinski definition) is 6. The zero-order valence-electron chi connectivity index (χ0n) is 17.7. The van der Waals surface area contributed by atoms with Crippen LogP contribution in [0.4, 0.5) is 5.82 Å². The summed E-state index contributed by atoms with van der Waals surface area (Å²) in [4.78, 5) is 8.76. The predicted octanol–water partition coefficient (Wildman–Crippen LogP) is 3.66. The Morgan fingerprint density at radius 1 is 1.06 bits per heavy atom. The number of benzene rings is 2. The quantitative estimate of drug-likeness (QED) is 0.378. The zero-order valence-corrected chi connectivity index (χ0v) is 18.6. The Morgan fingerprint density at radius 3 is 2.58 bits per heavy atom. The van der Waals surface area contributed by atoms with E-state index in [1.807, 2.05) is 60.7 Å². The first-order chi connectivity index (χ1) is 16.1. The van der Waals surface area contributed by atoms with Gasteiger partial charge < -0.3 is 15.0 Å². The van der Waals surface area contributed by atoms with E-state index >= 15 is 0 Å². The highest BCUT2D eigenvalue weighted by Crippen LogP contribution is 2.40. The number of allylic oxidation sites excluding steroid dienone is 1. The smallest absolute Gasteiger partial charge is 0.222 e. The van der Waals surface area contributed by atoms with Crippen molar-refractivity contribution in [2.45, 2.75) is 19.4 Å². The average molecular weight is 462 g/mol. The molecule has 5 rings (SSSR count). The van der Waals surface area contributed by atoms with Crippen LogP contribution in [0.2, 0.25) is 0 Å². The molecule has 0 saturated heterocycles. The van der Waals surface area contributed by atoms with Gasteiger partial charge in [-0.2, -0.15) is 0 Å². The van der Waals surface area contributed by atoms with Crippen LogP contribution in [-0.4, -0.2) is 23.0 Å². The molecule has 3 N–H and O–H groups in total. The molecular formula is C24H23N5O3S. The average Bonchev–Trinajstić information content (AvgIpc) is 3.15. The largest absolute Gasteiger partial charge is 0.457 e. The number of aromatic nitrogens is 3. The van der Waals surface area contributed by atoms with Crippen LogP contribution in [0.3, 0.4) is 0 Å². The van der Waals surface area contributed by atoms with Crippen molar-refractivity contribution in [1.82, 2.24) is 19.3 Å². The standard InChI is InChI=1S/C24H23N5O3S/c25-23-22-21(17-7-9-19(10-8-17)32-18-4-2-1-3-5-18)20-11-6-16(12-13-28-33(30)31)14-29(20)24(22)27-15-26-23/h1-5,7-10,12-13,15-16,33H,6,11,14H2,(H2,25,26,27)(H,28,30,31)/t16-/m1/s1. The molecule has 0 saturated carbocycles. The SMILES string of the molecule is Nc1ncnc2c1c(-c1ccc(Oc3ccccc3)cc1)c1n2C[C@@H](C=CN[SH](=O)=O)CC1. The Hall–Kier alpha value is -3.85. The molecule has 4 aromatic rings. The summed E-state index contributed by atoms with van der Waals surface area (Å²) in [6.07, 6.45) is 6.56. The van der Waals surface area contributed by atoms with E-state index in [1.54, 1.807) is 0 Å². The van der Waals surface area contributed by atoms with Gasteiger partial charge in [0.1, 0.15) is 29.3 Å². The lowest BCUT2D eigenvalue weighted by Gasteiger charge is -2.23. The van der Waals surface area contributed by atoms with Gasteiger partial charge in [0.2, 0.25) is 10.9 Å². The number of anilines is 1. The number of nitrogen functional groups attached to an aromatic ring is 1. The van der Waals surface area contributed by atoms with Crippen LogP contribution in [0.1, 0.15) is 12.1 Å². The molecule has 1 aliphatic heterocycles. The fourth-order valence-corrected chi connectivity index (χ4v) is 4.58. The molecule has 1 atom stereocenters. The number of nitrogens with one attached hydrogen (secondary N) is 1. The van der Waals surface area contributed by atoms with Gasteiger partial charge in [-0.1, -0.05) is 36.4 Å². The maximum Gasteiger partial charge on any atom is 0.222 e. The Kier molecular flexibility index (Phi) is 5.70. The maximum absolute atomic E-state index is 10.8. The minimum Gasteiger partial charge on any atom is -0.457 e. The summed E-state index contributed by atoms with van der Waals surface area (Å²) in [5, 5.41) is 0.842. The number of thiol groups is 1. The fourth-order valence-electron chi connectivity index (χ4n) is 4.37. The molecule has 2 aromatic carbocycles. The van der Waals surface area contributed by atoms with Crippen molar-refractivity contribution in [3.8, 4) is 22.6 Å². The van der Waals surface area contributed by atoms with Gasteiger partial charge in [0.25, 0.3) is 0 Å². The molecule has 1 aliphatic rings. The highest BCUT2D eigenvalue weighted by Gasteiger charge is 2.26. The Morgan fingerprint density at radius 2 is 1.82 bits per heavy atom. The van der Waals surface area contributed by atoms with Crippen molar-refractivity contribution in [3.63, 3.8) is 0 Å². The van der Waals surface area contributed by atoms with Gasteiger partial charge in [-0.3, -0.25) is 4.72 Å². The lowest BCUT2D eigenvalue weighted by Crippen LogP contribution is -2.19. The van der Waals surface area contributed by atoms with E-state index in [2.05, 4.69) is 19.3 Å². The van der Waals surface area contributed by atoms with Gasteiger partial charge in [0, 0.05) is 24.0 Å². The normalized spacial score (nSPS) is 15.7. The van der Waals surface area contributed by atoms with E-state index in [0.717, 1.165) is 52.2 Å². The van der Waals surface area contributed by atoms with Crippen molar-refractivity contribution in [1.29, 1.82) is 0 Å². The van der Waals surface area contributed by atoms with Crippen LogP contribution in [0, 0.1) is 5.92 Å². The van der Waals surface area contributed by atoms with Crippen LogP contribution in [0.5, 0.6) is 11.5 Å². The number of fused-ring (bicyclic) bond motifs is 3. The van der Waals surface area contributed by atoms with Crippen molar-refractivity contribution >= 4 is 27.7 Å². The molecular weight excluding hydrogens is 438 g/mol. The van der Waals surface area contributed by atoms with Gasteiger partial charge in [0.05, 0.1) is 5.39 Å². The van der Waals surface area contributed by atoms with Crippen LogP contribution < -0.4 is 15.2 Å². The second kappa shape index (κ2) is 8.95. The summed E-state index contributed by atoms with van der Waals surface area (Å²) in [6, 6.07) is 17.6. The minimum atomic E-state index is -2.65. The second-order valence-electron chi connectivity index (χ2n) is 7.87. The molecule has 0 fully saturated rings. The molecule has 168 valence electrons. The molecule has 33 heavy (non-hydrogen) atoms. The van der Waals surface area contributed by atoms with Crippen molar-refractivity contribution < 1.29 is 13.2 Å². The topological polar surface area (TPSA) is 112 Å². The van der Waals surface area contributed by atoms with Crippen LogP contribution in [-0.2, 0) is 23.9 Å². The van der Waals surface area contributed by atoms with E-state index in [-0.39, 0.29) is 5.92 Å². The van der Waals surface area contributed by atoms with Crippen LogP contribution >= 0.6 is 0 Å². The Bertz CT molecular complexity index is 1390. The highest BCUT2D eigenvalue weighted by molar-refractivity contribution is 7.70. The highest BCUT2D eigenvalue weighted by atomic mass is 32.2. The van der Waals surface area contributed by atoms with Crippen LogP contribution in [0.25, 0.3) is 22.2 Å². The molecule has 0 spiro atoms. The summed E-state index contributed by atoms with van der Waals surface area (Å²) in [5.74, 6) is 2.16. The van der Waals surface area contributed by atoms with E-state index in [0.29, 0.717) is 12.4 Å².